The molecule has 4 rings (SSSR count). The van der Waals surface area contributed by atoms with Gasteiger partial charge in [-0.15, -0.1) is 0 Å². The molecule has 9 heteroatoms. The summed E-state index contributed by atoms with van der Waals surface area (Å²) in [5, 5.41) is 3.41. The van der Waals surface area contributed by atoms with E-state index in [0.717, 1.165) is 5.56 Å². The van der Waals surface area contributed by atoms with Crippen LogP contribution in [0.1, 0.15) is 51.6 Å². The average Bonchev–Trinajstić information content (AvgIpc) is 2.86. The fraction of sp³-hybridized carbons (Fsp3) is 0.464. The first-order valence-electron chi connectivity index (χ1n) is 12.4. The van der Waals surface area contributed by atoms with Crippen LogP contribution in [0.4, 0.5) is 14.9 Å². The van der Waals surface area contributed by atoms with Gasteiger partial charge in [0.2, 0.25) is 5.91 Å². The molecule has 0 radical (unpaired) electrons. The van der Waals surface area contributed by atoms with Crippen molar-refractivity contribution in [2.45, 2.75) is 52.1 Å². The van der Waals surface area contributed by atoms with Crippen molar-refractivity contribution in [1.29, 1.82) is 0 Å². The van der Waals surface area contributed by atoms with E-state index in [9.17, 15) is 18.8 Å². The monoisotopic (exact) mass is 529 g/mol. The number of rotatable bonds is 5. The van der Waals surface area contributed by atoms with Crippen molar-refractivity contribution < 1.29 is 23.5 Å². The van der Waals surface area contributed by atoms with Crippen LogP contribution in [0, 0.1) is 16.6 Å². The zero-order valence-electron chi connectivity index (χ0n) is 21.6. The summed E-state index contributed by atoms with van der Waals surface area (Å²) in [6.45, 7) is 6.67. The van der Waals surface area contributed by atoms with Gasteiger partial charge in [-0.2, -0.15) is 0 Å². The maximum atomic E-state index is 14.0. The Balaban J connectivity index is 1.53. The van der Waals surface area contributed by atoms with Crippen molar-refractivity contribution in [2.75, 3.05) is 25.1 Å². The van der Waals surface area contributed by atoms with Gasteiger partial charge in [0.15, 0.2) is 0 Å². The number of anilines is 1. The summed E-state index contributed by atoms with van der Waals surface area (Å²) in [5.41, 5.74) is 0.494. The number of piperidine rings is 1. The summed E-state index contributed by atoms with van der Waals surface area (Å²) in [5.74, 6) is -0.985. The first-order chi connectivity index (χ1) is 17.4. The van der Waals surface area contributed by atoms with Crippen molar-refractivity contribution in [3.63, 3.8) is 0 Å². The summed E-state index contributed by atoms with van der Waals surface area (Å²) in [4.78, 5) is 42.3. The molecule has 2 fully saturated rings. The van der Waals surface area contributed by atoms with Crippen LogP contribution in [0.25, 0.3) is 0 Å². The van der Waals surface area contributed by atoms with Crippen LogP contribution < -0.4 is 10.2 Å². The highest BCUT2D eigenvalue weighted by Crippen LogP contribution is 2.57. The van der Waals surface area contributed by atoms with Crippen LogP contribution in [0.15, 0.2) is 48.5 Å². The van der Waals surface area contributed by atoms with Gasteiger partial charge < -0.3 is 19.9 Å². The highest BCUT2D eigenvalue weighted by atomic mass is 35.5. The van der Waals surface area contributed by atoms with Crippen LogP contribution in [0.5, 0.6) is 0 Å². The number of hydrogen-bond donors (Lipinski definition) is 1. The molecule has 2 saturated heterocycles. The molecule has 2 aromatic carbocycles. The van der Waals surface area contributed by atoms with Crippen molar-refractivity contribution in [3.8, 4) is 0 Å². The van der Waals surface area contributed by atoms with Crippen molar-refractivity contribution in [1.82, 2.24) is 10.2 Å². The lowest BCUT2D eigenvalue weighted by atomic mass is 9.62. The number of carbonyl (C=O) groups is 3. The summed E-state index contributed by atoms with van der Waals surface area (Å²) < 4.78 is 18.9. The topological polar surface area (TPSA) is 79.0 Å². The van der Waals surface area contributed by atoms with Gasteiger partial charge in [0.25, 0.3) is 0 Å². The second-order valence-electron chi connectivity index (χ2n) is 11.0. The van der Waals surface area contributed by atoms with E-state index in [2.05, 4.69) is 5.32 Å². The molecule has 0 saturated carbocycles. The van der Waals surface area contributed by atoms with E-state index in [4.69, 9.17) is 16.3 Å². The lowest BCUT2D eigenvalue weighted by Crippen LogP contribution is -2.67. The van der Waals surface area contributed by atoms with E-state index in [1.54, 1.807) is 34.1 Å². The molecule has 2 aliphatic heterocycles. The van der Waals surface area contributed by atoms with Gasteiger partial charge in [-0.05, 0) is 60.6 Å². The zero-order chi connectivity index (χ0) is 27.0. The lowest BCUT2D eigenvalue weighted by Gasteiger charge is -2.59. The Morgan fingerprint density at radius 1 is 1.16 bits per heavy atom. The molecule has 2 aromatic rings. The number of nitrogens with one attached hydrogen (secondary N) is 1. The van der Waals surface area contributed by atoms with Crippen LogP contribution in [0.3, 0.4) is 0 Å². The number of amides is 3. The predicted molar refractivity (Wildman–Crippen MR) is 140 cm³/mol. The number of carbonyl (C=O) groups excluding carboxylic acids is 3. The van der Waals surface area contributed by atoms with Crippen LogP contribution >= 0.6 is 11.6 Å². The van der Waals surface area contributed by atoms with E-state index >= 15 is 0 Å². The second-order valence-corrected chi connectivity index (χ2v) is 11.5. The molecule has 37 heavy (non-hydrogen) atoms. The van der Waals surface area contributed by atoms with E-state index in [-0.39, 0.29) is 23.4 Å². The Morgan fingerprint density at radius 2 is 1.81 bits per heavy atom. The number of hydrogen-bond acceptors (Lipinski definition) is 4. The number of benzene rings is 2. The van der Waals surface area contributed by atoms with Gasteiger partial charge in [-0.1, -0.05) is 50.6 Å². The third-order valence-electron chi connectivity index (χ3n) is 7.24. The molecule has 1 N–H and O–H groups in total. The molecule has 198 valence electrons. The molecule has 1 spiro atoms. The third kappa shape index (κ3) is 5.44. The van der Waals surface area contributed by atoms with Crippen molar-refractivity contribution in [2.24, 2.45) is 10.8 Å². The molecule has 0 bridgehead atoms. The Hall–Kier alpha value is -3.13. The minimum atomic E-state index is -0.760. The predicted octanol–water partition coefficient (Wildman–Crippen LogP) is 5.34. The number of urea groups is 1. The summed E-state index contributed by atoms with van der Waals surface area (Å²) in [6.07, 6.45) is 1.32. The minimum absolute atomic E-state index is 0.0849. The summed E-state index contributed by atoms with van der Waals surface area (Å²) in [7, 11) is 1.30. The molecule has 2 atom stereocenters. The Morgan fingerprint density at radius 3 is 2.38 bits per heavy atom. The van der Waals surface area contributed by atoms with Gasteiger partial charge in [-0.25, -0.2) is 14.0 Å². The average molecular weight is 530 g/mol. The maximum absolute atomic E-state index is 14.0. The van der Waals surface area contributed by atoms with Crippen molar-refractivity contribution >= 4 is 35.2 Å². The first kappa shape index (κ1) is 26.9. The second kappa shape index (κ2) is 10.3. The number of likely N-dealkylation sites (tertiary alicyclic amines) is 1. The molecular weight excluding hydrogens is 497 g/mol. The number of ether oxygens (including phenoxy) is 1. The van der Waals surface area contributed by atoms with Crippen LogP contribution in [-0.4, -0.2) is 49.0 Å². The highest BCUT2D eigenvalue weighted by Gasteiger charge is 2.62. The van der Waals surface area contributed by atoms with E-state index in [0.29, 0.717) is 43.1 Å². The van der Waals surface area contributed by atoms with Gasteiger partial charge in [-0.3, -0.25) is 4.79 Å². The number of methoxy groups -OCH3 is 1. The van der Waals surface area contributed by atoms with E-state index < -0.39 is 23.2 Å². The SMILES string of the molecule is COC(=O)[C@@H](CC(C)(C)C)NC(=O)N1CCC2(CC1)C(=O)N(c1cccc(F)c1)C2c1ccc(Cl)cc1. The Kier molecular flexibility index (Phi) is 7.51. The molecule has 3 amide bonds. The Bertz CT molecular complexity index is 1170. The largest absolute Gasteiger partial charge is 0.467 e. The molecule has 0 aromatic heterocycles. The first-order valence-corrected chi connectivity index (χ1v) is 12.8. The Labute approximate surface area is 221 Å². The molecule has 2 aliphatic rings. The number of esters is 1. The highest BCUT2D eigenvalue weighted by molar-refractivity contribution is 6.30. The van der Waals surface area contributed by atoms with Gasteiger partial charge in [0.1, 0.15) is 11.9 Å². The van der Waals surface area contributed by atoms with Gasteiger partial charge in [0.05, 0.1) is 18.6 Å². The van der Waals surface area contributed by atoms with E-state index in [1.165, 1.54) is 19.2 Å². The third-order valence-corrected chi connectivity index (χ3v) is 7.49. The standard InChI is InChI=1S/C28H33ClFN3O4/c1-27(2,3)17-22(24(34)37-4)31-26(36)32-14-12-28(13-15-32)23(18-8-10-19(29)11-9-18)33(25(28)35)21-7-5-6-20(30)16-21/h5-11,16,22-23H,12-15,17H2,1-4H3,(H,31,36)/t22-,23?/m1/s1. The number of β-lactam (4-membered cyclic amide) rings is 1. The van der Waals surface area contributed by atoms with Crippen LogP contribution in [0.2, 0.25) is 5.02 Å². The van der Waals surface area contributed by atoms with Crippen LogP contribution in [-0.2, 0) is 14.3 Å². The summed E-state index contributed by atoms with van der Waals surface area (Å²) >= 11 is 6.11. The summed E-state index contributed by atoms with van der Waals surface area (Å²) in [6, 6.07) is 11.9. The fourth-order valence-corrected chi connectivity index (χ4v) is 5.57. The smallest absolute Gasteiger partial charge is 0.328 e. The van der Waals surface area contributed by atoms with Gasteiger partial charge in [0, 0.05) is 23.8 Å². The van der Waals surface area contributed by atoms with Crippen molar-refractivity contribution in [3.05, 3.63) is 64.9 Å². The number of nitrogens with zero attached hydrogens (tertiary/aromatic N) is 2. The van der Waals surface area contributed by atoms with E-state index in [1.807, 2.05) is 32.9 Å². The molecule has 7 nitrogen and oxygen atoms in total. The molecule has 1 unspecified atom stereocenters. The van der Waals surface area contributed by atoms with Gasteiger partial charge >= 0.3 is 12.0 Å². The lowest BCUT2D eigenvalue weighted by molar-refractivity contribution is -0.144. The quantitative estimate of drug-likeness (QED) is 0.419. The number of halogens is 2. The maximum Gasteiger partial charge on any atom is 0.328 e. The normalized spacial score (nSPS) is 19.8. The molecule has 2 heterocycles. The zero-order valence-corrected chi connectivity index (χ0v) is 22.3. The molecule has 0 aliphatic carbocycles. The fourth-order valence-electron chi connectivity index (χ4n) is 5.44. The molecular formula is C28H33ClFN3O4. The minimum Gasteiger partial charge on any atom is -0.467 e.